The molecule has 0 bridgehead atoms. The Balaban J connectivity index is 1.78. The fourth-order valence-corrected chi connectivity index (χ4v) is 1.69. The standard InChI is InChI=1S/C12H7F3N6O3/c13-12(14,15)11(22)17-6-3-1-5(2-4-6)10-18-9(21-23-10)7-8(16)20-24-19-7/h1-4H,(H2,16,20)(H,17,22). The van der Waals surface area contributed by atoms with Crippen LogP contribution in [0, 0.1) is 0 Å². The van der Waals surface area contributed by atoms with Crippen molar-refractivity contribution in [1.29, 1.82) is 0 Å². The van der Waals surface area contributed by atoms with Crippen LogP contribution in [0.4, 0.5) is 24.7 Å². The number of nitrogens with two attached hydrogens (primary N) is 1. The number of alkyl halides is 3. The van der Waals surface area contributed by atoms with Crippen LogP contribution in [0.3, 0.4) is 0 Å². The van der Waals surface area contributed by atoms with Gasteiger partial charge in [-0.05, 0) is 34.6 Å². The first kappa shape index (κ1) is 15.5. The number of nitrogens with zero attached hydrogens (tertiary/aromatic N) is 4. The molecule has 3 N–H and O–H groups in total. The average molecular weight is 340 g/mol. The van der Waals surface area contributed by atoms with Gasteiger partial charge in [-0.3, -0.25) is 4.79 Å². The zero-order chi connectivity index (χ0) is 17.3. The van der Waals surface area contributed by atoms with E-state index in [1.165, 1.54) is 24.3 Å². The summed E-state index contributed by atoms with van der Waals surface area (Å²) < 4.78 is 46.0. The minimum absolute atomic E-state index is 0.0208. The Hall–Kier alpha value is -3.44. The maximum Gasteiger partial charge on any atom is 0.471 e. The van der Waals surface area contributed by atoms with E-state index < -0.39 is 12.1 Å². The monoisotopic (exact) mass is 340 g/mol. The van der Waals surface area contributed by atoms with Gasteiger partial charge in [0.2, 0.25) is 5.82 Å². The van der Waals surface area contributed by atoms with E-state index in [0.29, 0.717) is 5.56 Å². The molecule has 2 heterocycles. The fraction of sp³-hybridized carbons (Fsp3) is 0.0833. The fourth-order valence-electron chi connectivity index (χ4n) is 1.69. The second kappa shape index (κ2) is 5.64. The first-order chi connectivity index (χ1) is 11.3. The van der Waals surface area contributed by atoms with E-state index >= 15 is 0 Å². The van der Waals surface area contributed by atoms with Gasteiger partial charge in [0, 0.05) is 11.3 Å². The maximum absolute atomic E-state index is 12.2. The molecular formula is C12H7F3N6O3. The summed E-state index contributed by atoms with van der Waals surface area (Å²) in [6.45, 7) is 0. The quantitative estimate of drug-likeness (QED) is 0.738. The Kier molecular flexibility index (Phi) is 3.63. The normalized spacial score (nSPS) is 11.5. The molecule has 0 aliphatic rings. The van der Waals surface area contributed by atoms with Crippen molar-refractivity contribution in [3.05, 3.63) is 24.3 Å². The van der Waals surface area contributed by atoms with Crippen molar-refractivity contribution in [2.24, 2.45) is 0 Å². The largest absolute Gasteiger partial charge is 0.471 e. The van der Waals surface area contributed by atoms with Crippen LogP contribution in [0.1, 0.15) is 0 Å². The molecule has 3 rings (SSSR count). The summed E-state index contributed by atoms with van der Waals surface area (Å²) in [5.74, 6) is -1.98. The molecule has 3 aromatic rings. The van der Waals surface area contributed by atoms with E-state index in [9.17, 15) is 18.0 Å². The van der Waals surface area contributed by atoms with Crippen LogP contribution >= 0.6 is 0 Å². The molecular weight excluding hydrogens is 333 g/mol. The zero-order valence-electron chi connectivity index (χ0n) is 11.5. The van der Waals surface area contributed by atoms with E-state index in [4.69, 9.17) is 10.3 Å². The third kappa shape index (κ3) is 3.02. The molecule has 0 atom stereocenters. The predicted molar refractivity (Wildman–Crippen MR) is 72.1 cm³/mol. The number of halogens is 3. The molecule has 0 radical (unpaired) electrons. The summed E-state index contributed by atoms with van der Waals surface area (Å²) in [6.07, 6.45) is -4.97. The number of rotatable bonds is 3. The summed E-state index contributed by atoms with van der Waals surface area (Å²) in [6, 6.07) is 5.31. The molecule has 124 valence electrons. The number of nitrogen functional groups attached to an aromatic ring is 1. The topological polar surface area (TPSA) is 133 Å². The number of benzene rings is 1. The molecule has 1 amide bonds. The van der Waals surface area contributed by atoms with Crippen LogP contribution < -0.4 is 11.1 Å². The van der Waals surface area contributed by atoms with Gasteiger partial charge in [0.25, 0.3) is 5.89 Å². The minimum Gasteiger partial charge on any atom is -0.379 e. The number of nitrogens with one attached hydrogen (secondary N) is 1. The van der Waals surface area contributed by atoms with E-state index in [0.717, 1.165) is 0 Å². The highest BCUT2D eigenvalue weighted by Crippen LogP contribution is 2.25. The number of anilines is 2. The van der Waals surface area contributed by atoms with E-state index in [-0.39, 0.29) is 28.9 Å². The maximum atomic E-state index is 12.2. The Morgan fingerprint density at radius 1 is 1.12 bits per heavy atom. The second-order valence-corrected chi connectivity index (χ2v) is 4.45. The number of carbonyl (C=O) groups excluding carboxylic acids is 1. The molecule has 0 saturated carbocycles. The van der Waals surface area contributed by atoms with Gasteiger partial charge in [0.05, 0.1) is 0 Å². The SMILES string of the molecule is Nc1nonc1-c1noc(-c2ccc(NC(=O)C(F)(F)F)cc2)n1. The van der Waals surface area contributed by atoms with Crippen molar-refractivity contribution < 1.29 is 27.1 Å². The Morgan fingerprint density at radius 3 is 2.42 bits per heavy atom. The summed E-state index contributed by atoms with van der Waals surface area (Å²) in [7, 11) is 0. The number of amides is 1. The van der Waals surface area contributed by atoms with Gasteiger partial charge in [-0.2, -0.15) is 18.2 Å². The summed E-state index contributed by atoms with van der Waals surface area (Å²) in [5, 5.41) is 12.3. The smallest absolute Gasteiger partial charge is 0.379 e. The third-order valence-electron chi connectivity index (χ3n) is 2.80. The summed E-state index contributed by atoms with van der Waals surface area (Å²) in [5.41, 5.74) is 5.97. The molecule has 24 heavy (non-hydrogen) atoms. The number of aromatic nitrogens is 4. The molecule has 0 fully saturated rings. The van der Waals surface area contributed by atoms with Gasteiger partial charge in [-0.15, -0.1) is 0 Å². The zero-order valence-corrected chi connectivity index (χ0v) is 11.5. The first-order valence-electron chi connectivity index (χ1n) is 6.25. The number of hydrogen-bond donors (Lipinski definition) is 2. The lowest BCUT2D eigenvalue weighted by Crippen LogP contribution is -2.29. The van der Waals surface area contributed by atoms with Crippen LogP contribution in [-0.2, 0) is 4.79 Å². The Labute approximate surface area is 130 Å². The molecule has 1 aromatic carbocycles. The first-order valence-corrected chi connectivity index (χ1v) is 6.25. The molecule has 0 aliphatic heterocycles. The lowest BCUT2D eigenvalue weighted by molar-refractivity contribution is -0.167. The van der Waals surface area contributed by atoms with Crippen LogP contribution in [0.15, 0.2) is 33.4 Å². The average Bonchev–Trinajstić information content (AvgIpc) is 3.15. The van der Waals surface area contributed by atoms with Gasteiger partial charge >= 0.3 is 12.1 Å². The molecule has 12 heteroatoms. The van der Waals surface area contributed by atoms with Gasteiger partial charge in [-0.1, -0.05) is 5.16 Å². The van der Waals surface area contributed by atoms with Gasteiger partial charge in [0.15, 0.2) is 11.5 Å². The highest BCUT2D eigenvalue weighted by atomic mass is 19.4. The van der Waals surface area contributed by atoms with E-state index in [1.807, 2.05) is 0 Å². The van der Waals surface area contributed by atoms with Crippen molar-refractivity contribution in [1.82, 2.24) is 20.5 Å². The molecule has 0 saturated heterocycles. The minimum atomic E-state index is -4.97. The summed E-state index contributed by atoms with van der Waals surface area (Å²) in [4.78, 5) is 14.9. The molecule has 2 aromatic heterocycles. The van der Waals surface area contributed by atoms with Crippen molar-refractivity contribution >= 4 is 17.4 Å². The van der Waals surface area contributed by atoms with Crippen LogP contribution in [0.25, 0.3) is 23.0 Å². The third-order valence-corrected chi connectivity index (χ3v) is 2.80. The van der Waals surface area contributed by atoms with Crippen molar-refractivity contribution in [2.45, 2.75) is 6.18 Å². The molecule has 0 unspecified atom stereocenters. The van der Waals surface area contributed by atoms with Crippen LogP contribution in [0.5, 0.6) is 0 Å². The van der Waals surface area contributed by atoms with Gasteiger partial charge in [-0.25, -0.2) is 4.63 Å². The Morgan fingerprint density at radius 2 is 1.83 bits per heavy atom. The number of carbonyl (C=O) groups is 1. The highest BCUT2D eigenvalue weighted by molar-refractivity contribution is 5.95. The van der Waals surface area contributed by atoms with E-state index in [1.54, 1.807) is 5.32 Å². The van der Waals surface area contributed by atoms with Crippen LogP contribution in [-0.4, -0.2) is 32.5 Å². The predicted octanol–water partition coefficient (Wildman–Crippen LogP) is 1.87. The highest BCUT2D eigenvalue weighted by Gasteiger charge is 2.38. The molecule has 9 nitrogen and oxygen atoms in total. The number of hydrogen-bond acceptors (Lipinski definition) is 8. The summed E-state index contributed by atoms with van der Waals surface area (Å²) >= 11 is 0. The Bertz CT molecular complexity index is 871. The molecule has 0 spiro atoms. The van der Waals surface area contributed by atoms with Crippen molar-refractivity contribution in [3.8, 4) is 23.0 Å². The van der Waals surface area contributed by atoms with Crippen molar-refractivity contribution in [3.63, 3.8) is 0 Å². The van der Waals surface area contributed by atoms with Gasteiger partial charge in [0.1, 0.15) is 0 Å². The van der Waals surface area contributed by atoms with Crippen LogP contribution in [0.2, 0.25) is 0 Å². The molecule has 0 aliphatic carbocycles. The second-order valence-electron chi connectivity index (χ2n) is 4.45. The lowest BCUT2D eigenvalue weighted by atomic mass is 10.2. The lowest BCUT2D eigenvalue weighted by Gasteiger charge is -2.07. The van der Waals surface area contributed by atoms with Gasteiger partial charge < -0.3 is 15.6 Å². The van der Waals surface area contributed by atoms with Crippen molar-refractivity contribution in [2.75, 3.05) is 11.1 Å². The van der Waals surface area contributed by atoms with E-state index in [2.05, 4.69) is 25.1 Å².